The summed E-state index contributed by atoms with van der Waals surface area (Å²) in [7, 11) is 0. The summed E-state index contributed by atoms with van der Waals surface area (Å²) in [6.07, 6.45) is -2.42. The fourth-order valence-electron chi connectivity index (χ4n) is 4.72. The Labute approximate surface area is 197 Å². The molecule has 2 atom stereocenters. The molecule has 0 spiro atoms. The number of nitrogens with one attached hydrogen (secondary N) is 1. The number of alkyl halides is 3. The monoisotopic (exact) mass is 486 g/mol. The topological polar surface area (TPSA) is 88.1 Å². The molecule has 2 N–H and O–H groups in total. The zero-order valence-corrected chi connectivity index (χ0v) is 19.8. The van der Waals surface area contributed by atoms with Crippen LogP contribution in [0.2, 0.25) is 0 Å². The standard InChI is InChI=1S/C24H33F3N2O5/c1-22(2,3)28-21(31)33-18-10-13-29(15-18)20(30)19(23(32)11-5-4-6-12-23)16-8-7-9-17(14-16)34-24(25,26)27/h7-9,14,18-19,32H,4-6,10-13,15H2,1-3H3,(H,28,31)/t18-,19?/m1/s1. The lowest BCUT2D eigenvalue weighted by atomic mass is 9.72. The quantitative estimate of drug-likeness (QED) is 0.640. The van der Waals surface area contributed by atoms with Gasteiger partial charge >= 0.3 is 12.5 Å². The van der Waals surface area contributed by atoms with Crippen LogP contribution in [-0.2, 0) is 9.53 Å². The van der Waals surface area contributed by atoms with E-state index in [0.717, 1.165) is 25.3 Å². The van der Waals surface area contributed by atoms with E-state index in [-0.39, 0.29) is 12.1 Å². The summed E-state index contributed by atoms with van der Waals surface area (Å²) in [5.41, 5.74) is -1.58. The lowest BCUT2D eigenvalue weighted by Crippen LogP contribution is -2.48. The predicted octanol–water partition coefficient (Wildman–Crippen LogP) is 4.49. The Balaban J connectivity index is 1.80. The van der Waals surface area contributed by atoms with Gasteiger partial charge in [0.15, 0.2) is 0 Å². The zero-order chi connectivity index (χ0) is 25.1. The molecule has 1 saturated carbocycles. The average Bonchev–Trinajstić information content (AvgIpc) is 3.14. The molecular formula is C24H33F3N2O5. The molecule has 0 bridgehead atoms. The fourth-order valence-corrected chi connectivity index (χ4v) is 4.72. The lowest BCUT2D eigenvalue weighted by Gasteiger charge is -2.40. The Hall–Kier alpha value is -2.49. The van der Waals surface area contributed by atoms with Crippen LogP contribution < -0.4 is 10.1 Å². The summed E-state index contributed by atoms with van der Waals surface area (Å²) in [6.45, 7) is 5.94. The van der Waals surface area contributed by atoms with Crippen LogP contribution >= 0.6 is 0 Å². The van der Waals surface area contributed by atoms with Crippen molar-refractivity contribution in [3.8, 4) is 5.75 Å². The first-order valence-electron chi connectivity index (χ1n) is 11.6. The highest BCUT2D eigenvalue weighted by Gasteiger charge is 2.46. The number of hydrogen-bond donors (Lipinski definition) is 2. The van der Waals surface area contributed by atoms with E-state index >= 15 is 0 Å². The number of hydrogen-bond acceptors (Lipinski definition) is 5. The number of halogens is 3. The minimum absolute atomic E-state index is 0.154. The van der Waals surface area contributed by atoms with Crippen LogP contribution in [0.15, 0.2) is 24.3 Å². The first kappa shape index (κ1) is 26.1. The molecular weight excluding hydrogens is 453 g/mol. The molecule has 1 aromatic rings. The molecule has 7 nitrogen and oxygen atoms in total. The second-order valence-electron chi connectivity index (χ2n) is 10.2. The van der Waals surface area contributed by atoms with E-state index in [2.05, 4.69) is 10.1 Å². The third-order valence-electron chi connectivity index (χ3n) is 6.14. The van der Waals surface area contributed by atoms with Gasteiger partial charge < -0.3 is 24.8 Å². The average molecular weight is 487 g/mol. The van der Waals surface area contributed by atoms with Crippen LogP contribution in [0.25, 0.3) is 0 Å². The zero-order valence-electron chi connectivity index (χ0n) is 19.8. The molecule has 2 fully saturated rings. The van der Waals surface area contributed by atoms with E-state index in [4.69, 9.17) is 4.74 Å². The number of amides is 2. The van der Waals surface area contributed by atoms with Gasteiger partial charge in [-0.1, -0.05) is 31.4 Å². The van der Waals surface area contributed by atoms with E-state index in [9.17, 15) is 27.9 Å². The molecule has 0 aromatic heterocycles. The number of carbonyl (C=O) groups excluding carboxylic acids is 2. The molecule has 34 heavy (non-hydrogen) atoms. The second-order valence-corrected chi connectivity index (χ2v) is 10.2. The van der Waals surface area contributed by atoms with Crippen LogP contribution in [0.3, 0.4) is 0 Å². The van der Waals surface area contributed by atoms with Crippen molar-refractivity contribution in [2.75, 3.05) is 13.1 Å². The van der Waals surface area contributed by atoms with Gasteiger partial charge in [-0.15, -0.1) is 13.2 Å². The summed E-state index contributed by atoms with van der Waals surface area (Å²) in [4.78, 5) is 27.3. The number of ether oxygens (including phenoxy) is 2. The van der Waals surface area contributed by atoms with E-state index in [1.54, 1.807) is 6.07 Å². The highest BCUT2D eigenvalue weighted by Crippen LogP contribution is 2.42. The molecule has 0 radical (unpaired) electrons. The molecule has 1 aromatic carbocycles. The maximum Gasteiger partial charge on any atom is 0.573 e. The number of alkyl carbamates (subject to hydrolysis) is 1. The number of benzene rings is 1. The van der Waals surface area contributed by atoms with E-state index < -0.39 is 47.3 Å². The van der Waals surface area contributed by atoms with E-state index in [1.165, 1.54) is 17.0 Å². The van der Waals surface area contributed by atoms with Crippen molar-refractivity contribution in [3.05, 3.63) is 29.8 Å². The van der Waals surface area contributed by atoms with Gasteiger partial charge in [-0.2, -0.15) is 0 Å². The summed E-state index contributed by atoms with van der Waals surface area (Å²) in [5.74, 6) is -1.88. The number of nitrogens with zero attached hydrogens (tertiary/aromatic N) is 1. The van der Waals surface area contributed by atoms with Crippen LogP contribution in [0.1, 0.15) is 70.8 Å². The van der Waals surface area contributed by atoms with Crippen molar-refractivity contribution in [3.63, 3.8) is 0 Å². The van der Waals surface area contributed by atoms with Crippen molar-refractivity contribution >= 4 is 12.0 Å². The van der Waals surface area contributed by atoms with Gasteiger partial charge in [-0.25, -0.2) is 4.79 Å². The summed E-state index contributed by atoms with van der Waals surface area (Å²) < 4.78 is 47.8. The first-order valence-corrected chi connectivity index (χ1v) is 11.6. The van der Waals surface area contributed by atoms with Crippen LogP contribution in [0.5, 0.6) is 5.75 Å². The largest absolute Gasteiger partial charge is 0.573 e. The molecule has 1 heterocycles. The van der Waals surface area contributed by atoms with Gasteiger partial charge in [0.05, 0.1) is 18.1 Å². The van der Waals surface area contributed by atoms with Gasteiger partial charge in [-0.05, 0) is 51.3 Å². The Morgan fingerprint density at radius 1 is 1.18 bits per heavy atom. The first-order chi connectivity index (χ1) is 15.8. The van der Waals surface area contributed by atoms with Crippen LogP contribution in [-0.4, -0.2) is 58.7 Å². The molecule has 1 aliphatic heterocycles. The van der Waals surface area contributed by atoms with Crippen LogP contribution in [0.4, 0.5) is 18.0 Å². The molecule has 1 unspecified atom stereocenters. The van der Waals surface area contributed by atoms with Crippen molar-refractivity contribution in [2.45, 2.75) is 88.8 Å². The van der Waals surface area contributed by atoms with Gasteiger partial charge in [0, 0.05) is 18.5 Å². The van der Waals surface area contributed by atoms with Gasteiger partial charge in [-0.3, -0.25) is 4.79 Å². The molecule has 3 rings (SSSR count). The highest BCUT2D eigenvalue weighted by molar-refractivity contribution is 5.85. The van der Waals surface area contributed by atoms with E-state index in [1.807, 2.05) is 20.8 Å². The second kappa shape index (κ2) is 10.0. The van der Waals surface area contributed by atoms with Gasteiger partial charge in [0.1, 0.15) is 11.9 Å². The lowest BCUT2D eigenvalue weighted by molar-refractivity contribution is -0.274. The SMILES string of the molecule is CC(C)(C)NC(=O)O[C@@H]1CCN(C(=O)C(c2cccc(OC(F)(F)F)c2)C2(O)CCCCC2)C1. The predicted molar refractivity (Wildman–Crippen MR) is 118 cm³/mol. The smallest absolute Gasteiger partial charge is 0.444 e. The highest BCUT2D eigenvalue weighted by atomic mass is 19.4. The Kier molecular flexibility index (Phi) is 7.69. The Bertz CT molecular complexity index is 878. The van der Waals surface area contributed by atoms with Crippen LogP contribution in [0, 0.1) is 0 Å². The molecule has 2 amide bonds. The number of likely N-dealkylation sites (tertiary alicyclic amines) is 1. The Morgan fingerprint density at radius 2 is 1.85 bits per heavy atom. The molecule has 1 aliphatic carbocycles. The molecule has 1 saturated heterocycles. The fraction of sp³-hybridized carbons (Fsp3) is 0.667. The third kappa shape index (κ3) is 7.01. The van der Waals surface area contributed by atoms with E-state index in [0.29, 0.717) is 25.8 Å². The maximum absolute atomic E-state index is 13.7. The number of rotatable bonds is 5. The summed E-state index contributed by atoms with van der Waals surface area (Å²) in [6, 6.07) is 5.26. The Morgan fingerprint density at radius 3 is 2.47 bits per heavy atom. The minimum Gasteiger partial charge on any atom is -0.444 e. The van der Waals surface area contributed by atoms with Crippen molar-refractivity contribution < 1.29 is 37.3 Å². The van der Waals surface area contributed by atoms with Gasteiger partial charge in [0.25, 0.3) is 0 Å². The van der Waals surface area contributed by atoms with Crippen molar-refractivity contribution in [1.82, 2.24) is 10.2 Å². The minimum atomic E-state index is -4.87. The molecule has 2 aliphatic rings. The number of carbonyl (C=O) groups is 2. The summed E-state index contributed by atoms with van der Waals surface area (Å²) in [5, 5.41) is 14.2. The van der Waals surface area contributed by atoms with Gasteiger partial charge in [0.2, 0.25) is 5.91 Å². The third-order valence-corrected chi connectivity index (χ3v) is 6.14. The summed E-state index contributed by atoms with van der Waals surface area (Å²) >= 11 is 0. The molecule has 10 heteroatoms. The number of aliphatic hydroxyl groups is 1. The molecule has 190 valence electrons. The maximum atomic E-state index is 13.7. The van der Waals surface area contributed by atoms with Crippen molar-refractivity contribution in [2.24, 2.45) is 0 Å². The normalized spacial score (nSPS) is 21.6. The van der Waals surface area contributed by atoms with Crippen molar-refractivity contribution in [1.29, 1.82) is 0 Å².